The molecule has 2 aromatic heterocycles. The number of aromatic nitrogens is 1. The summed E-state index contributed by atoms with van der Waals surface area (Å²) in [4.78, 5) is 5.18. The summed E-state index contributed by atoms with van der Waals surface area (Å²) < 4.78 is 1.38. The number of fused-ring (bicyclic) bond motifs is 10. The minimum absolute atomic E-state index is 0.00242. The lowest BCUT2D eigenvalue weighted by Crippen LogP contribution is -2.32. The molecule has 2 aromatic carbocycles. The molecule has 2 heteroatoms. The molecule has 2 aliphatic rings. The number of nitrogens with one attached hydrogen (secondary N) is 1. The largest absolute Gasteiger partial charge is 0.357 e. The van der Waals surface area contributed by atoms with E-state index in [2.05, 4.69) is 84.7 Å². The van der Waals surface area contributed by atoms with E-state index in [1.54, 1.807) is 0 Å². The first-order valence-electron chi connectivity index (χ1n) is 8.76. The summed E-state index contributed by atoms with van der Waals surface area (Å²) in [5.74, 6) is 0.352. The van der Waals surface area contributed by atoms with Crippen LogP contribution in [0.3, 0.4) is 0 Å². The van der Waals surface area contributed by atoms with Gasteiger partial charge >= 0.3 is 0 Å². The summed E-state index contributed by atoms with van der Waals surface area (Å²) in [6.07, 6.45) is 9.16. The predicted molar refractivity (Wildman–Crippen MR) is 107 cm³/mol. The van der Waals surface area contributed by atoms with Crippen molar-refractivity contribution in [3.63, 3.8) is 0 Å². The number of benzene rings is 2. The molecule has 0 aliphatic heterocycles. The molecule has 2 aliphatic carbocycles. The fourth-order valence-electron chi connectivity index (χ4n) is 4.77. The number of para-hydroxylation sites is 1. The van der Waals surface area contributed by atoms with Crippen LogP contribution in [0, 0.1) is 0 Å². The Bertz CT molecular complexity index is 1220. The van der Waals surface area contributed by atoms with Crippen molar-refractivity contribution in [1.29, 1.82) is 0 Å². The van der Waals surface area contributed by atoms with Crippen LogP contribution in [0.2, 0.25) is 0 Å². The minimum Gasteiger partial charge on any atom is -0.357 e. The number of hydrogen-bond acceptors (Lipinski definition) is 1. The quantitative estimate of drug-likeness (QED) is 0.375. The molecule has 2 atom stereocenters. The van der Waals surface area contributed by atoms with E-state index in [0.717, 1.165) is 0 Å². The van der Waals surface area contributed by atoms with Crippen LogP contribution in [0.25, 0.3) is 31.4 Å². The molecule has 2 unspecified atom stereocenters. The molecular formula is C23H17NS. The third-order valence-corrected chi connectivity index (χ3v) is 7.10. The Kier molecular flexibility index (Phi) is 2.48. The predicted octanol–water partition coefficient (Wildman–Crippen LogP) is 6.53. The van der Waals surface area contributed by atoms with Crippen LogP contribution >= 0.6 is 11.3 Å². The van der Waals surface area contributed by atoms with E-state index in [1.807, 2.05) is 11.3 Å². The molecule has 0 spiro atoms. The highest BCUT2D eigenvalue weighted by atomic mass is 32.1. The fraction of sp³-hybridized carbons (Fsp3) is 0.130. The topological polar surface area (TPSA) is 15.8 Å². The lowest BCUT2D eigenvalue weighted by atomic mass is 9.63. The third-order valence-electron chi connectivity index (χ3n) is 5.91. The number of H-pyrrole nitrogens is 1. The minimum atomic E-state index is -0.00242. The van der Waals surface area contributed by atoms with Crippen LogP contribution in [0.5, 0.6) is 0 Å². The smallest absolute Gasteiger partial charge is 0.0463 e. The molecule has 0 radical (unpaired) electrons. The highest BCUT2D eigenvalue weighted by Crippen LogP contribution is 2.59. The van der Waals surface area contributed by atoms with Crippen LogP contribution in [0.1, 0.15) is 24.1 Å². The van der Waals surface area contributed by atoms with E-state index in [1.165, 1.54) is 42.7 Å². The summed E-state index contributed by atoms with van der Waals surface area (Å²) in [6.45, 7) is 2.39. The van der Waals surface area contributed by atoms with E-state index in [9.17, 15) is 0 Å². The SMILES string of the molecule is CC12C=CC=CC1c1[nH]c3ccccc3c1-c1sc3ccccc3c12. The van der Waals surface area contributed by atoms with E-state index in [-0.39, 0.29) is 5.41 Å². The number of thiophene rings is 1. The van der Waals surface area contributed by atoms with Crippen molar-refractivity contribution >= 4 is 32.3 Å². The van der Waals surface area contributed by atoms with Crippen molar-refractivity contribution in [2.24, 2.45) is 0 Å². The fourth-order valence-corrected chi connectivity index (χ4v) is 6.17. The maximum absolute atomic E-state index is 3.75. The second-order valence-electron chi connectivity index (χ2n) is 7.27. The van der Waals surface area contributed by atoms with Gasteiger partial charge in [-0.15, -0.1) is 11.3 Å². The van der Waals surface area contributed by atoms with E-state index in [4.69, 9.17) is 0 Å². The summed E-state index contributed by atoms with van der Waals surface area (Å²) in [5.41, 5.74) is 5.51. The lowest BCUT2D eigenvalue weighted by Gasteiger charge is -2.40. The van der Waals surface area contributed by atoms with E-state index in [0.29, 0.717) is 5.92 Å². The molecule has 0 fully saturated rings. The first-order valence-corrected chi connectivity index (χ1v) is 9.58. The molecule has 1 N–H and O–H groups in total. The van der Waals surface area contributed by atoms with Crippen molar-refractivity contribution in [3.8, 4) is 10.4 Å². The van der Waals surface area contributed by atoms with Crippen molar-refractivity contribution in [3.05, 3.63) is 84.1 Å². The molecular weight excluding hydrogens is 322 g/mol. The van der Waals surface area contributed by atoms with Crippen LogP contribution < -0.4 is 0 Å². The number of allylic oxidation sites excluding steroid dienone is 4. The maximum Gasteiger partial charge on any atom is 0.0463 e. The van der Waals surface area contributed by atoms with Crippen molar-refractivity contribution in [2.75, 3.05) is 0 Å². The zero-order valence-corrected chi connectivity index (χ0v) is 14.7. The van der Waals surface area contributed by atoms with Gasteiger partial charge in [-0.2, -0.15) is 0 Å². The van der Waals surface area contributed by atoms with E-state index < -0.39 is 0 Å². The van der Waals surface area contributed by atoms with Crippen LogP contribution in [0.15, 0.2) is 72.8 Å². The van der Waals surface area contributed by atoms with Gasteiger partial charge < -0.3 is 4.98 Å². The molecule has 120 valence electrons. The molecule has 0 amide bonds. The van der Waals surface area contributed by atoms with Crippen molar-refractivity contribution in [1.82, 2.24) is 4.98 Å². The maximum atomic E-state index is 3.75. The van der Waals surface area contributed by atoms with Crippen LogP contribution in [-0.2, 0) is 5.41 Å². The summed E-state index contributed by atoms with van der Waals surface area (Å²) in [6, 6.07) is 17.6. The zero-order chi connectivity index (χ0) is 16.6. The average Bonchev–Trinajstić information content (AvgIpc) is 3.20. The van der Waals surface area contributed by atoms with Crippen molar-refractivity contribution in [2.45, 2.75) is 18.3 Å². The van der Waals surface area contributed by atoms with Gasteiger partial charge in [0.1, 0.15) is 0 Å². The van der Waals surface area contributed by atoms with Gasteiger partial charge in [0, 0.05) is 43.1 Å². The van der Waals surface area contributed by atoms with Gasteiger partial charge in [-0.05, 0) is 23.1 Å². The third kappa shape index (κ3) is 1.58. The lowest BCUT2D eigenvalue weighted by molar-refractivity contribution is 0.517. The van der Waals surface area contributed by atoms with Crippen LogP contribution in [-0.4, -0.2) is 4.98 Å². The molecule has 0 bridgehead atoms. The molecule has 25 heavy (non-hydrogen) atoms. The summed E-state index contributed by atoms with van der Waals surface area (Å²) >= 11 is 1.94. The van der Waals surface area contributed by atoms with Crippen molar-refractivity contribution < 1.29 is 0 Å². The molecule has 4 aromatic rings. The van der Waals surface area contributed by atoms with Gasteiger partial charge in [0.25, 0.3) is 0 Å². The zero-order valence-electron chi connectivity index (χ0n) is 13.9. The summed E-state index contributed by atoms with van der Waals surface area (Å²) in [7, 11) is 0. The first kappa shape index (κ1) is 13.7. The van der Waals surface area contributed by atoms with Gasteiger partial charge in [-0.25, -0.2) is 0 Å². The highest BCUT2D eigenvalue weighted by molar-refractivity contribution is 7.22. The molecule has 0 saturated carbocycles. The monoisotopic (exact) mass is 339 g/mol. The molecule has 0 saturated heterocycles. The number of aromatic amines is 1. The Morgan fingerprint density at radius 3 is 2.68 bits per heavy atom. The summed E-state index contributed by atoms with van der Waals surface area (Å²) in [5, 5.41) is 2.75. The molecule has 1 nitrogen and oxygen atoms in total. The number of hydrogen-bond donors (Lipinski definition) is 1. The Hall–Kier alpha value is -2.58. The Balaban J connectivity index is 1.85. The normalized spacial score (nSPS) is 23.6. The van der Waals surface area contributed by atoms with E-state index >= 15 is 0 Å². The standard InChI is InChI=1S/C23H17NS/c1-23-13-7-6-10-16(23)21-19(14-8-2-4-11-17(14)24-21)22-20(23)15-9-3-5-12-18(15)25-22/h2-13,16,24H,1H3. The van der Waals surface area contributed by atoms with Gasteiger partial charge in [0.05, 0.1) is 0 Å². The molecule has 6 rings (SSSR count). The second kappa shape index (κ2) is 4.53. The first-order chi connectivity index (χ1) is 12.3. The number of rotatable bonds is 0. The molecule has 2 heterocycles. The second-order valence-corrected chi connectivity index (χ2v) is 8.32. The Morgan fingerprint density at radius 1 is 0.960 bits per heavy atom. The van der Waals surface area contributed by atoms with Gasteiger partial charge in [0.2, 0.25) is 0 Å². The van der Waals surface area contributed by atoms with Gasteiger partial charge in [-0.1, -0.05) is 67.6 Å². The van der Waals surface area contributed by atoms with Crippen LogP contribution in [0.4, 0.5) is 0 Å². The Labute approximate surface area is 150 Å². The Morgan fingerprint density at radius 2 is 1.76 bits per heavy atom. The highest BCUT2D eigenvalue weighted by Gasteiger charge is 2.45. The van der Waals surface area contributed by atoms with Gasteiger partial charge in [0.15, 0.2) is 0 Å². The average molecular weight is 339 g/mol. The van der Waals surface area contributed by atoms with Gasteiger partial charge in [-0.3, -0.25) is 0 Å².